The van der Waals surface area contributed by atoms with Crippen LogP contribution in [-0.4, -0.2) is 57.6 Å². The van der Waals surface area contributed by atoms with Crippen LogP contribution in [0.3, 0.4) is 0 Å². The van der Waals surface area contributed by atoms with Gasteiger partial charge in [0.05, 0.1) is 0 Å². The normalized spacial score (nSPS) is 18.2. The van der Waals surface area contributed by atoms with Crippen molar-refractivity contribution in [3.05, 3.63) is 17.5 Å². The summed E-state index contributed by atoms with van der Waals surface area (Å²) in [7, 11) is -1.81. The molecule has 2 N–H and O–H groups in total. The number of sulfonamides is 1. The molecule has 1 saturated heterocycles. The summed E-state index contributed by atoms with van der Waals surface area (Å²) in [6.07, 6.45) is 1.80. The molecule has 1 aliphatic rings. The number of carbonyl (C=O) groups is 1. The predicted molar refractivity (Wildman–Crippen MR) is 93.7 cm³/mol. The lowest BCUT2D eigenvalue weighted by Crippen LogP contribution is -2.58. The molecule has 9 heteroatoms. The lowest BCUT2D eigenvalue weighted by Gasteiger charge is -2.41. The van der Waals surface area contributed by atoms with Crippen LogP contribution in [0.2, 0.25) is 0 Å². The van der Waals surface area contributed by atoms with Crippen LogP contribution < -0.4 is 10.6 Å². The first-order valence-corrected chi connectivity index (χ1v) is 10.3. The number of amides is 2. The molecule has 0 spiro atoms. The van der Waals surface area contributed by atoms with Gasteiger partial charge in [-0.25, -0.2) is 13.2 Å². The fourth-order valence-electron chi connectivity index (χ4n) is 2.87. The molecule has 2 rings (SSSR count). The van der Waals surface area contributed by atoms with Gasteiger partial charge in [-0.1, -0.05) is 6.07 Å². The SMILES string of the molecule is CCNC(=O)NC1(CCOC)CCN(S(=O)(=O)c2cccs2)CC1. The Morgan fingerprint density at radius 2 is 2.12 bits per heavy atom. The number of hydrogen-bond acceptors (Lipinski definition) is 5. The Kier molecular flexibility index (Phi) is 6.62. The van der Waals surface area contributed by atoms with Crippen molar-refractivity contribution in [3.63, 3.8) is 0 Å². The number of urea groups is 1. The molecule has 1 aromatic heterocycles. The van der Waals surface area contributed by atoms with Crippen molar-refractivity contribution in [3.8, 4) is 0 Å². The van der Waals surface area contributed by atoms with Crippen molar-refractivity contribution in [2.24, 2.45) is 0 Å². The fourth-order valence-corrected chi connectivity index (χ4v) is 5.46. The molecule has 0 unspecified atom stereocenters. The Labute approximate surface area is 147 Å². The van der Waals surface area contributed by atoms with E-state index in [-0.39, 0.29) is 6.03 Å². The third-order valence-corrected chi connectivity index (χ3v) is 7.54. The average molecular weight is 376 g/mol. The number of rotatable bonds is 7. The molecule has 136 valence electrons. The lowest BCUT2D eigenvalue weighted by atomic mass is 9.85. The van der Waals surface area contributed by atoms with Crippen molar-refractivity contribution in [1.29, 1.82) is 0 Å². The van der Waals surface area contributed by atoms with Gasteiger partial charge < -0.3 is 15.4 Å². The molecule has 0 aliphatic carbocycles. The van der Waals surface area contributed by atoms with Gasteiger partial charge in [-0.2, -0.15) is 4.31 Å². The van der Waals surface area contributed by atoms with Crippen LogP contribution in [0.15, 0.2) is 21.7 Å². The van der Waals surface area contributed by atoms with Gasteiger partial charge in [0.15, 0.2) is 0 Å². The summed E-state index contributed by atoms with van der Waals surface area (Å²) >= 11 is 1.23. The van der Waals surface area contributed by atoms with Crippen molar-refractivity contribution < 1.29 is 17.9 Å². The maximum atomic E-state index is 12.6. The topological polar surface area (TPSA) is 87.7 Å². The van der Waals surface area contributed by atoms with Gasteiger partial charge >= 0.3 is 6.03 Å². The van der Waals surface area contributed by atoms with Gasteiger partial charge in [0, 0.05) is 38.9 Å². The van der Waals surface area contributed by atoms with Crippen LogP contribution in [-0.2, 0) is 14.8 Å². The number of carbonyl (C=O) groups excluding carboxylic acids is 1. The third kappa shape index (κ3) is 4.47. The van der Waals surface area contributed by atoms with Crippen LogP contribution in [0, 0.1) is 0 Å². The zero-order chi connectivity index (χ0) is 17.6. The Morgan fingerprint density at radius 1 is 1.42 bits per heavy atom. The molecular weight excluding hydrogens is 350 g/mol. The van der Waals surface area contributed by atoms with E-state index < -0.39 is 15.6 Å². The van der Waals surface area contributed by atoms with Gasteiger partial charge in [0.25, 0.3) is 10.0 Å². The molecule has 0 aromatic carbocycles. The van der Waals surface area contributed by atoms with Gasteiger partial charge in [0.2, 0.25) is 0 Å². The highest BCUT2D eigenvalue weighted by atomic mass is 32.2. The molecule has 24 heavy (non-hydrogen) atoms. The average Bonchev–Trinajstić information content (AvgIpc) is 3.09. The molecule has 0 radical (unpaired) electrons. The molecule has 2 amide bonds. The smallest absolute Gasteiger partial charge is 0.315 e. The molecule has 1 fully saturated rings. The predicted octanol–water partition coefficient (Wildman–Crippen LogP) is 1.63. The third-order valence-electron chi connectivity index (χ3n) is 4.27. The minimum atomic E-state index is -3.44. The maximum absolute atomic E-state index is 12.6. The van der Waals surface area contributed by atoms with E-state index in [1.807, 2.05) is 6.92 Å². The number of thiophene rings is 1. The first-order valence-electron chi connectivity index (χ1n) is 8.02. The highest BCUT2D eigenvalue weighted by molar-refractivity contribution is 7.91. The molecule has 0 atom stereocenters. The van der Waals surface area contributed by atoms with E-state index in [0.29, 0.717) is 49.7 Å². The monoisotopic (exact) mass is 375 g/mol. The van der Waals surface area contributed by atoms with Gasteiger partial charge in [0.1, 0.15) is 4.21 Å². The molecule has 2 heterocycles. The zero-order valence-corrected chi connectivity index (χ0v) is 15.7. The van der Waals surface area contributed by atoms with E-state index in [2.05, 4.69) is 10.6 Å². The van der Waals surface area contributed by atoms with E-state index in [1.54, 1.807) is 24.6 Å². The number of nitrogens with one attached hydrogen (secondary N) is 2. The molecular formula is C15H25N3O4S2. The van der Waals surface area contributed by atoms with E-state index in [1.165, 1.54) is 15.6 Å². The summed E-state index contributed by atoms with van der Waals surface area (Å²) in [5, 5.41) is 7.52. The number of piperidine rings is 1. The van der Waals surface area contributed by atoms with Crippen LogP contribution >= 0.6 is 11.3 Å². The Bertz CT molecular complexity index is 623. The van der Waals surface area contributed by atoms with Crippen molar-refractivity contribution >= 4 is 27.4 Å². The van der Waals surface area contributed by atoms with E-state index in [9.17, 15) is 13.2 Å². The van der Waals surface area contributed by atoms with E-state index in [4.69, 9.17) is 4.74 Å². The number of ether oxygens (including phenoxy) is 1. The van der Waals surface area contributed by atoms with Gasteiger partial charge in [-0.15, -0.1) is 11.3 Å². The van der Waals surface area contributed by atoms with Crippen LogP contribution in [0.4, 0.5) is 4.79 Å². The first-order chi connectivity index (χ1) is 11.4. The fraction of sp³-hybridized carbons (Fsp3) is 0.667. The van der Waals surface area contributed by atoms with Crippen LogP contribution in [0.5, 0.6) is 0 Å². The molecule has 1 aromatic rings. The second-order valence-electron chi connectivity index (χ2n) is 5.84. The number of methoxy groups -OCH3 is 1. The minimum absolute atomic E-state index is 0.219. The largest absolute Gasteiger partial charge is 0.385 e. The van der Waals surface area contributed by atoms with E-state index in [0.717, 1.165) is 0 Å². The van der Waals surface area contributed by atoms with Crippen LogP contribution in [0.25, 0.3) is 0 Å². The van der Waals surface area contributed by atoms with Crippen molar-refractivity contribution in [2.75, 3.05) is 33.4 Å². The van der Waals surface area contributed by atoms with Crippen molar-refractivity contribution in [2.45, 2.75) is 35.9 Å². The minimum Gasteiger partial charge on any atom is -0.385 e. The summed E-state index contributed by atoms with van der Waals surface area (Å²) in [5.74, 6) is 0. The number of nitrogens with zero attached hydrogens (tertiary/aromatic N) is 1. The lowest BCUT2D eigenvalue weighted by molar-refractivity contribution is 0.122. The van der Waals surface area contributed by atoms with Gasteiger partial charge in [-0.05, 0) is 37.6 Å². The standard InChI is InChI=1S/C15H25N3O4S2/c1-3-16-14(19)17-15(8-11-22-2)6-9-18(10-7-15)24(20,21)13-5-4-12-23-13/h4-5,12H,3,6-11H2,1-2H3,(H2,16,17,19). The summed E-state index contributed by atoms with van der Waals surface area (Å²) in [6, 6.07) is 3.14. The summed E-state index contributed by atoms with van der Waals surface area (Å²) < 4.78 is 32.3. The quantitative estimate of drug-likeness (QED) is 0.758. The number of hydrogen-bond donors (Lipinski definition) is 2. The summed E-state index contributed by atoms with van der Waals surface area (Å²) in [6.45, 7) is 3.69. The molecule has 7 nitrogen and oxygen atoms in total. The molecule has 0 saturated carbocycles. The Hall–Kier alpha value is -1.16. The second kappa shape index (κ2) is 8.28. The molecule has 0 bridgehead atoms. The highest BCUT2D eigenvalue weighted by Crippen LogP contribution is 2.30. The first kappa shape index (κ1) is 19.2. The van der Waals surface area contributed by atoms with E-state index >= 15 is 0 Å². The summed E-state index contributed by atoms with van der Waals surface area (Å²) in [5.41, 5.74) is -0.434. The van der Waals surface area contributed by atoms with Gasteiger partial charge in [-0.3, -0.25) is 0 Å². The Balaban J connectivity index is 2.06. The molecule has 1 aliphatic heterocycles. The zero-order valence-electron chi connectivity index (χ0n) is 14.1. The maximum Gasteiger partial charge on any atom is 0.315 e. The van der Waals surface area contributed by atoms with Crippen LogP contribution in [0.1, 0.15) is 26.2 Å². The summed E-state index contributed by atoms with van der Waals surface area (Å²) in [4.78, 5) is 12.0. The highest BCUT2D eigenvalue weighted by Gasteiger charge is 2.39. The van der Waals surface area contributed by atoms with Crippen molar-refractivity contribution in [1.82, 2.24) is 14.9 Å². The Morgan fingerprint density at radius 3 is 2.67 bits per heavy atom. The second-order valence-corrected chi connectivity index (χ2v) is 8.96.